The van der Waals surface area contributed by atoms with Gasteiger partial charge in [0.05, 0.1) is 4.90 Å². The molecule has 0 radical (unpaired) electrons. The molecule has 0 aromatic heterocycles. The lowest BCUT2D eigenvalue weighted by atomic mass is 10.4. The number of benzene rings is 1. The summed E-state index contributed by atoms with van der Waals surface area (Å²) in [6, 6.07) is 4.72. The van der Waals surface area contributed by atoms with Gasteiger partial charge in [0.25, 0.3) is 10.1 Å². The zero-order valence-corrected chi connectivity index (χ0v) is 9.85. The van der Waals surface area contributed by atoms with Crippen molar-refractivity contribution in [2.24, 2.45) is 0 Å². The Hall–Kier alpha value is 0.1000. The lowest BCUT2D eigenvalue weighted by Crippen LogP contribution is -2.04. The van der Waals surface area contributed by atoms with Gasteiger partial charge in [-0.2, -0.15) is 8.42 Å². The predicted octanol–water partition coefficient (Wildman–Crippen LogP) is 1.79. The zero-order valence-electron chi connectivity index (χ0n) is 6.63. The number of hydrogen-bond acceptors (Lipinski definition) is 3. The monoisotopic (exact) mass is 275 g/mol. The van der Waals surface area contributed by atoms with Gasteiger partial charge in [-0.3, -0.25) is 4.55 Å². The largest absolute Gasteiger partial charge is 0.368 e. The summed E-state index contributed by atoms with van der Waals surface area (Å²) in [6.45, 7) is 0. The standard InChI is InChI=1S/C6H5Cl2O4PS/c7-13(8,9)5-1-3-6(4-2-5)14(10,11)12/h1-4,9H/p+1. The van der Waals surface area contributed by atoms with Crippen LogP contribution >= 0.6 is 28.7 Å². The Morgan fingerprint density at radius 1 is 1.14 bits per heavy atom. The van der Waals surface area contributed by atoms with Crippen LogP contribution in [-0.4, -0.2) is 17.9 Å². The van der Waals surface area contributed by atoms with E-state index in [0.29, 0.717) is 0 Å². The summed E-state index contributed by atoms with van der Waals surface area (Å²) < 4.78 is 29.9. The molecule has 1 aromatic carbocycles. The summed E-state index contributed by atoms with van der Waals surface area (Å²) in [5.74, 6) is 0. The van der Waals surface area contributed by atoms with E-state index in [-0.39, 0.29) is 10.2 Å². The molecule has 1 aromatic rings. The van der Waals surface area contributed by atoms with Gasteiger partial charge >= 0.3 is 6.19 Å². The molecule has 0 fully saturated rings. The van der Waals surface area contributed by atoms with Gasteiger partial charge in [-0.25, -0.2) is 4.89 Å². The SMILES string of the molecule is O=S(=O)(O)c1ccc([P+](O)(Cl)Cl)cc1. The van der Waals surface area contributed by atoms with E-state index in [1.807, 2.05) is 0 Å². The first-order chi connectivity index (χ1) is 6.21. The Kier molecular flexibility index (Phi) is 3.41. The molecule has 0 heterocycles. The van der Waals surface area contributed by atoms with Crippen LogP contribution in [0.5, 0.6) is 0 Å². The molecule has 0 aliphatic rings. The maximum Gasteiger partial charge on any atom is 0.368 e. The van der Waals surface area contributed by atoms with Crippen LogP contribution < -0.4 is 5.30 Å². The van der Waals surface area contributed by atoms with Crippen LogP contribution in [0.25, 0.3) is 0 Å². The topological polar surface area (TPSA) is 74.6 Å². The second-order valence-corrected chi connectivity index (χ2v) is 8.81. The highest BCUT2D eigenvalue weighted by Gasteiger charge is 2.35. The molecule has 0 saturated carbocycles. The van der Waals surface area contributed by atoms with E-state index < -0.39 is 16.3 Å². The lowest BCUT2D eigenvalue weighted by Gasteiger charge is -2.01. The number of rotatable bonds is 2. The van der Waals surface area contributed by atoms with Crippen molar-refractivity contribution in [2.45, 2.75) is 4.90 Å². The smallest absolute Gasteiger partial charge is 0.282 e. The van der Waals surface area contributed by atoms with E-state index in [9.17, 15) is 13.3 Å². The van der Waals surface area contributed by atoms with Crippen LogP contribution in [0.2, 0.25) is 0 Å². The minimum absolute atomic E-state index is 0.230. The number of halogens is 2. The van der Waals surface area contributed by atoms with Gasteiger partial charge in [0, 0.05) is 0 Å². The van der Waals surface area contributed by atoms with Gasteiger partial charge in [-0.05, 0) is 24.3 Å². The molecule has 0 atom stereocenters. The highest BCUT2D eigenvalue weighted by Crippen LogP contribution is 2.63. The molecule has 0 amide bonds. The second kappa shape index (κ2) is 3.93. The van der Waals surface area contributed by atoms with Crippen LogP contribution in [0.1, 0.15) is 0 Å². The van der Waals surface area contributed by atoms with Crippen molar-refractivity contribution >= 4 is 44.1 Å². The van der Waals surface area contributed by atoms with E-state index in [4.69, 9.17) is 27.0 Å². The molecule has 2 N–H and O–H groups in total. The molecule has 0 bridgehead atoms. The van der Waals surface area contributed by atoms with Gasteiger partial charge in [0.2, 0.25) is 0 Å². The van der Waals surface area contributed by atoms with Crippen LogP contribution in [0, 0.1) is 0 Å². The minimum atomic E-state index is -4.22. The van der Waals surface area contributed by atoms with Crippen molar-refractivity contribution < 1.29 is 17.9 Å². The third-order valence-electron chi connectivity index (χ3n) is 1.45. The van der Waals surface area contributed by atoms with Gasteiger partial charge in [0.1, 0.15) is 22.5 Å². The Labute approximate surface area is 91.2 Å². The van der Waals surface area contributed by atoms with Crippen LogP contribution in [-0.2, 0) is 10.1 Å². The summed E-state index contributed by atoms with van der Waals surface area (Å²) in [6.07, 6.45) is -3.17. The Morgan fingerprint density at radius 3 is 1.86 bits per heavy atom. The third-order valence-corrected chi connectivity index (χ3v) is 4.40. The fourth-order valence-electron chi connectivity index (χ4n) is 0.797. The van der Waals surface area contributed by atoms with Gasteiger partial charge < -0.3 is 0 Å². The van der Waals surface area contributed by atoms with Gasteiger partial charge in [-0.15, -0.1) is 0 Å². The average Bonchev–Trinajstić information content (AvgIpc) is 2.01. The normalized spacial score (nSPS) is 12.9. The summed E-state index contributed by atoms with van der Waals surface area (Å²) in [7, 11) is -4.22. The Morgan fingerprint density at radius 2 is 1.57 bits per heavy atom. The van der Waals surface area contributed by atoms with Crippen molar-refractivity contribution in [3.8, 4) is 0 Å². The van der Waals surface area contributed by atoms with Crippen molar-refractivity contribution in [3.05, 3.63) is 24.3 Å². The fourth-order valence-corrected chi connectivity index (χ4v) is 2.46. The summed E-state index contributed by atoms with van der Waals surface area (Å²) in [5.41, 5.74) is 0. The van der Waals surface area contributed by atoms with Crippen molar-refractivity contribution in [1.82, 2.24) is 0 Å². The molecule has 0 spiro atoms. The second-order valence-electron chi connectivity index (χ2n) is 2.45. The molecule has 14 heavy (non-hydrogen) atoms. The van der Waals surface area contributed by atoms with Crippen molar-refractivity contribution in [3.63, 3.8) is 0 Å². The quantitative estimate of drug-likeness (QED) is 0.638. The average molecular weight is 276 g/mol. The fraction of sp³-hybridized carbons (Fsp3) is 0. The highest BCUT2D eigenvalue weighted by atomic mass is 35.9. The van der Waals surface area contributed by atoms with Crippen LogP contribution in [0.3, 0.4) is 0 Å². The Balaban J connectivity index is 3.14. The molecule has 0 unspecified atom stereocenters. The minimum Gasteiger partial charge on any atom is -0.282 e. The third kappa shape index (κ3) is 3.05. The molecule has 0 aliphatic carbocycles. The molecule has 4 nitrogen and oxygen atoms in total. The van der Waals surface area contributed by atoms with Crippen molar-refractivity contribution in [1.29, 1.82) is 0 Å². The highest BCUT2D eigenvalue weighted by molar-refractivity contribution is 8.18. The van der Waals surface area contributed by atoms with Crippen molar-refractivity contribution in [2.75, 3.05) is 0 Å². The molecular weight excluding hydrogens is 270 g/mol. The summed E-state index contributed by atoms with van der Waals surface area (Å²) in [4.78, 5) is 8.94. The molecule has 78 valence electrons. The summed E-state index contributed by atoms with van der Waals surface area (Å²) in [5, 5.41) is 0.230. The van der Waals surface area contributed by atoms with Gasteiger partial charge in [0.15, 0.2) is 5.30 Å². The first-order valence-electron chi connectivity index (χ1n) is 3.30. The van der Waals surface area contributed by atoms with E-state index in [0.717, 1.165) is 12.1 Å². The van der Waals surface area contributed by atoms with E-state index in [1.165, 1.54) is 12.1 Å². The molecular formula is C6H6Cl2O4PS+. The molecule has 0 saturated heterocycles. The van der Waals surface area contributed by atoms with Crippen LogP contribution in [0.4, 0.5) is 0 Å². The maximum absolute atomic E-state index is 10.6. The lowest BCUT2D eigenvalue weighted by molar-refractivity contribution is 0.483. The van der Waals surface area contributed by atoms with Gasteiger partial charge in [-0.1, -0.05) is 0 Å². The van der Waals surface area contributed by atoms with E-state index >= 15 is 0 Å². The molecule has 8 heteroatoms. The Bertz CT molecular complexity index is 422. The van der Waals surface area contributed by atoms with E-state index in [2.05, 4.69) is 0 Å². The predicted molar refractivity (Wildman–Crippen MR) is 56.7 cm³/mol. The first kappa shape index (κ1) is 12.2. The molecule has 1 rings (SSSR count). The summed E-state index contributed by atoms with van der Waals surface area (Å²) >= 11 is 10.9. The first-order valence-corrected chi connectivity index (χ1v) is 8.29. The number of hydrogen-bond donors (Lipinski definition) is 2. The van der Waals surface area contributed by atoms with E-state index in [1.54, 1.807) is 0 Å². The maximum atomic E-state index is 10.6. The van der Waals surface area contributed by atoms with Crippen LogP contribution in [0.15, 0.2) is 29.2 Å². The molecule has 0 aliphatic heterocycles. The zero-order chi connectivity index (χ0) is 11.0.